The molecular formula is C12H21NO3. The number of amides is 1. The average molecular weight is 227 g/mol. The van der Waals surface area contributed by atoms with E-state index in [0.717, 1.165) is 12.8 Å². The smallest absolute Gasteiger partial charge is 0.329 e. The van der Waals surface area contributed by atoms with Crippen LogP contribution in [0.4, 0.5) is 0 Å². The monoisotopic (exact) mass is 227 g/mol. The predicted octanol–water partition coefficient (Wildman–Crippen LogP) is 1.74. The fourth-order valence-electron chi connectivity index (χ4n) is 2.92. The summed E-state index contributed by atoms with van der Waals surface area (Å²) in [6, 6.07) is 0. The number of aliphatic carboxylic acids is 1. The standard InChI is InChI=1S/C12H21NO3/c1-4-13(8-14)12(11(15)16)7-5-6-9(2)10(12)3/h8-10H,4-7H2,1-3H3,(H,15,16). The molecule has 3 atom stereocenters. The zero-order valence-electron chi connectivity index (χ0n) is 10.3. The van der Waals surface area contributed by atoms with E-state index in [4.69, 9.17) is 0 Å². The zero-order valence-corrected chi connectivity index (χ0v) is 10.3. The largest absolute Gasteiger partial charge is 0.479 e. The molecule has 0 aromatic heterocycles. The first-order valence-electron chi connectivity index (χ1n) is 5.96. The molecule has 0 bridgehead atoms. The van der Waals surface area contributed by atoms with Crippen molar-refractivity contribution in [2.24, 2.45) is 11.8 Å². The second-order valence-corrected chi connectivity index (χ2v) is 4.78. The number of nitrogens with zero attached hydrogens (tertiary/aromatic N) is 1. The summed E-state index contributed by atoms with van der Waals surface area (Å²) in [6.45, 7) is 6.29. The summed E-state index contributed by atoms with van der Waals surface area (Å²) in [5.74, 6) is -0.511. The second-order valence-electron chi connectivity index (χ2n) is 4.78. The maximum Gasteiger partial charge on any atom is 0.329 e. The zero-order chi connectivity index (χ0) is 12.3. The maximum absolute atomic E-state index is 11.6. The topological polar surface area (TPSA) is 57.6 Å². The molecule has 1 aliphatic rings. The van der Waals surface area contributed by atoms with Crippen molar-refractivity contribution in [2.45, 2.75) is 45.6 Å². The molecule has 1 rings (SSSR count). The highest BCUT2D eigenvalue weighted by atomic mass is 16.4. The highest BCUT2D eigenvalue weighted by Crippen LogP contribution is 2.41. The lowest BCUT2D eigenvalue weighted by atomic mass is 9.67. The number of likely N-dealkylation sites (N-methyl/N-ethyl adjacent to an activating group) is 1. The summed E-state index contributed by atoms with van der Waals surface area (Å²) in [5, 5.41) is 9.51. The summed E-state index contributed by atoms with van der Waals surface area (Å²) >= 11 is 0. The first kappa shape index (κ1) is 13.0. The molecule has 0 spiro atoms. The van der Waals surface area contributed by atoms with Crippen molar-refractivity contribution in [1.82, 2.24) is 4.90 Å². The third-order valence-electron chi connectivity index (χ3n) is 4.18. The van der Waals surface area contributed by atoms with Crippen LogP contribution in [-0.2, 0) is 9.59 Å². The Kier molecular flexibility index (Phi) is 3.94. The van der Waals surface area contributed by atoms with Crippen LogP contribution in [0.25, 0.3) is 0 Å². The number of carboxylic acid groups (broad SMARTS) is 1. The Hall–Kier alpha value is -1.06. The number of carboxylic acids is 1. The SMILES string of the molecule is CCN(C=O)C1(C(=O)O)CCCC(C)C1C. The van der Waals surface area contributed by atoms with Gasteiger partial charge in [0.25, 0.3) is 0 Å². The van der Waals surface area contributed by atoms with E-state index in [1.807, 2.05) is 13.8 Å². The van der Waals surface area contributed by atoms with Crippen LogP contribution in [-0.4, -0.2) is 34.5 Å². The van der Waals surface area contributed by atoms with Gasteiger partial charge in [-0.2, -0.15) is 0 Å². The fourth-order valence-corrected chi connectivity index (χ4v) is 2.92. The first-order chi connectivity index (χ1) is 7.50. The van der Waals surface area contributed by atoms with Crippen LogP contribution in [0.3, 0.4) is 0 Å². The Morgan fingerprint density at radius 2 is 2.19 bits per heavy atom. The molecule has 0 radical (unpaired) electrons. The number of hydrogen-bond acceptors (Lipinski definition) is 2. The minimum Gasteiger partial charge on any atom is -0.479 e. The average Bonchev–Trinajstić information content (AvgIpc) is 2.25. The molecule has 0 aliphatic heterocycles. The molecule has 4 nitrogen and oxygen atoms in total. The van der Waals surface area contributed by atoms with Crippen molar-refractivity contribution in [1.29, 1.82) is 0 Å². The molecule has 0 heterocycles. The van der Waals surface area contributed by atoms with Crippen LogP contribution in [0.1, 0.15) is 40.0 Å². The number of carbonyl (C=O) groups excluding carboxylic acids is 1. The first-order valence-corrected chi connectivity index (χ1v) is 5.96. The molecule has 3 unspecified atom stereocenters. The molecule has 1 aliphatic carbocycles. The van der Waals surface area contributed by atoms with E-state index in [1.54, 1.807) is 0 Å². The van der Waals surface area contributed by atoms with Crippen LogP contribution in [0.15, 0.2) is 0 Å². The fraction of sp³-hybridized carbons (Fsp3) is 0.833. The van der Waals surface area contributed by atoms with E-state index in [2.05, 4.69) is 6.92 Å². The van der Waals surface area contributed by atoms with E-state index in [0.29, 0.717) is 25.3 Å². The number of carbonyl (C=O) groups is 2. The van der Waals surface area contributed by atoms with Crippen LogP contribution < -0.4 is 0 Å². The van der Waals surface area contributed by atoms with Gasteiger partial charge in [0.05, 0.1) is 0 Å². The van der Waals surface area contributed by atoms with Gasteiger partial charge in [-0.05, 0) is 25.2 Å². The molecule has 1 amide bonds. The Morgan fingerprint density at radius 3 is 2.62 bits per heavy atom. The van der Waals surface area contributed by atoms with Gasteiger partial charge in [-0.3, -0.25) is 4.79 Å². The third kappa shape index (κ3) is 1.81. The van der Waals surface area contributed by atoms with Gasteiger partial charge in [-0.1, -0.05) is 26.7 Å². The molecule has 0 aromatic rings. The predicted molar refractivity (Wildman–Crippen MR) is 61.0 cm³/mol. The van der Waals surface area contributed by atoms with E-state index in [-0.39, 0.29) is 5.92 Å². The lowest BCUT2D eigenvalue weighted by Crippen LogP contribution is -2.61. The van der Waals surface area contributed by atoms with Crippen molar-refractivity contribution >= 4 is 12.4 Å². The van der Waals surface area contributed by atoms with Crippen LogP contribution in [0.5, 0.6) is 0 Å². The Balaban J connectivity index is 3.12. The van der Waals surface area contributed by atoms with Crippen molar-refractivity contribution in [3.05, 3.63) is 0 Å². The van der Waals surface area contributed by atoms with Gasteiger partial charge in [0.2, 0.25) is 6.41 Å². The summed E-state index contributed by atoms with van der Waals surface area (Å²) < 4.78 is 0. The number of hydrogen-bond donors (Lipinski definition) is 1. The number of rotatable bonds is 4. The molecule has 1 N–H and O–H groups in total. The third-order valence-corrected chi connectivity index (χ3v) is 4.18. The summed E-state index contributed by atoms with van der Waals surface area (Å²) in [7, 11) is 0. The van der Waals surface area contributed by atoms with Crippen molar-refractivity contribution < 1.29 is 14.7 Å². The minimum absolute atomic E-state index is 0.00361. The van der Waals surface area contributed by atoms with E-state index in [1.165, 1.54) is 4.90 Å². The van der Waals surface area contributed by atoms with Gasteiger partial charge in [0.15, 0.2) is 0 Å². The van der Waals surface area contributed by atoms with Gasteiger partial charge in [0, 0.05) is 6.54 Å². The highest BCUT2D eigenvalue weighted by molar-refractivity contribution is 5.82. The lowest BCUT2D eigenvalue weighted by molar-refractivity contribution is -0.164. The van der Waals surface area contributed by atoms with E-state index < -0.39 is 11.5 Å². The molecular weight excluding hydrogens is 206 g/mol. The molecule has 1 saturated carbocycles. The molecule has 1 fully saturated rings. The van der Waals surface area contributed by atoms with Crippen molar-refractivity contribution in [3.8, 4) is 0 Å². The molecule has 0 aromatic carbocycles. The van der Waals surface area contributed by atoms with E-state index >= 15 is 0 Å². The maximum atomic E-state index is 11.6. The molecule has 0 saturated heterocycles. The van der Waals surface area contributed by atoms with Crippen LogP contribution >= 0.6 is 0 Å². The quantitative estimate of drug-likeness (QED) is 0.744. The van der Waals surface area contributed by atoms with Crippen molar-refractivity contribution in [2.75, 3.05) is 6.54 Å². The second kappa shape index (κ2) is 4.85. The molecule has 16 heavy (non-hydrogen) atoms. The van der Waals surface area contributed by atoms with Gasteiger partial charge < -0.3 is 10.0 Å². The molecule has 92 valence electrons. The summed E-state index contributed by atoms with van der Waals surface area (Å²) in [5.41, 5.74) is -0.992. The van der Waals surface area contributed by atoms with Gasteiger partial charge in [-0.25, -0.2) is 4.79 Å². The van der Waals surface area contributed by atoms with Gasteiger partial charge in [-0.15, -0.1) is 0 Å². The Labute approximate surface area is 96.6 Å². The summed E-state index contributed by atoms with van der Waals surface area (Å²) in [4.78, 5) is 24.1. The molecule has 4 heteroatoms. The van der Waals surface area contributed by atoms with Gasteiger partial charge >= 0.3 is 5.97 Å². The Bertz CT molecular complexity index is 279. The minimum atomic E-state index is -0.992. The van der Waals surface area contributed by atoms with Crippen LogP contribution in [0, 0.1) is 11.8 Å². The highest BCUT2D eigenvalue weighted by Gasteiger charge is 2.51. The Morgan fingerprint density at radius 1 is 1.56 bits per heavy atom. The van der Waals surface area contributed by atoms with Crippen molar-refractivity contribution in [3.63, 3.8) is 0 Å². The van der Waals surface area contributed by atoms with E-state index in [9.17, 15) is 14.7 Å². The van der Waals surface area contributed by atoms with Gasteiger partial charge in [0.1, 0.15) is 5.54 Å². The normalized spacial score (nSPS) is 34.4. The summed E-state index contributed by atoms with van der Waals surface area (Å²) in [6.07, 6.45) is 3.18. The lowest BCUT2D eigenvalue weighted by Gasteiger charge is -2.47. The van der Waals surface area contributed by atoms with Crippen LogP contribution in [0.2, 0.25) is 0 Å².